The zero-order valence-corrected chi connectivity index (χ0v) is 10.00. The van der Waals surface area contributed by atoms with Crippen LogP contribution in [0.25, 0.3) is 0 Å². The van der Waals surface area contributed by atoms with E-state index in [4.69, 9.17) is 5.11 Å². The molecule has 17 heavy (non-hydrogen) atoms. The van der Waals surface area contributed by atoms with Crippen molar-refractivity contribution in [2.45, 2.75) is 25.3 Å². The molecule has 1 heterocycles. The summed E-state index contributed by atoms with van der Waals surface area (Å²) in [7, 11) is 0. The molecule has 2 rings (SSSR count). The minimum Gasteiger partial charge on any atom is -0.477 e. The molecule has 2 N–H and O–H groups in total. The van der Waals surface area contributed by atoms with Crippen LogP contribution < -0.4 is 5.32 Å². The van der Waals surface area contributed by atoms with Gasteiger partial charge in [-0.3, -0.25) is 4.79 Å². The standard InChI is InChI=1S/C12H13NO3S/c14-11(13-8-4-2-1-3-5-8)9-6-7-10(17-9)12(15)16/h2,4,6-8H,1,3,5H2,(H,13,14)(H,15,16). The van der Waals surface area contributed by atoms with Crippen molar-refractivity contribution in [3.63, 3.8) is 0 Å². The molecule has 0 saturated heterocycles. The van der Waals surface area contributed by atoms with Crippen molar-refractivity contribution in [2.75, 3.05) is 0 Å². The summed E-state index contributed by atoms with van der Waals surface area (Å²) >= 11 is 1.00. The van der Waals surface area contributed by atoms with Crippen LogP contribution in [0, 0.1) is 0 Å². The second kappa shape index (κ2) is 5.14. The van der Waals surface area contributed by atoms with Crippen molar-refractivity contribution in [3.05, 3.63) is 34.0 Å². The molecule has 1 aromatic heterocycles. The second-order valence-electron chi connectivity index (χ2n) is 3.91. The molecule has 1 aromatic rings. The van der Waals surface area contributed by atoms with Crippen molar-refractivity contribution < 1.29 is 14.7 Å². The van der Waals surface area contributed by atoms with Crippen LogP contribution in [0.1, 0.15) is 38.6 Å². The number of hydrogen-bond acceptors (Lipinski definition) is 3. The third-order valence-corrected chi connectivity index (χ3v) is 3.68. The third-order valence-electron chi connectivity index (χ3n) is 2.61. The van der Waals surface area contributed by atoms with Crippen molar-refractivity contribution >= 4 is 23.2 Å². The van der Waals surface area contributed by atoms with Gasteiger partial charge < -0.3 is 10.4 Å². The van der Waals surface area contributed by atoms with E-state index in [1.807, 2.05) is 6.08 Å². The van der Waals surface area contributed by atoms with Crippen molar-refractivity contribution in [2.24, 2.45) is 0 Å². The molecule has 1 unspecified atom stereocenters. The average molecular weight is 251 g/mol. The highest BCUT2D eigenvalue weighted by Crippen LogP contribution is 2.17. The SMILES string of the molecule is O=C(O)c1ccc(C(=O)NC2C=CCCC2)s1. The van der Waals surface area contributed by atoms with E-state index in [1.54, 1.807) is 6.07 Å². The van der Waals surface area contributed by atoms with Crippen molar-refractivity contribution in [3.8, 4) is 0 Å². The Morgan fingerprint density at radius 2 is 2.12 bits per heavy atom. The van der Waals surface area contributed by atoms with E-state index < -0.39 is 5.97 Å². The van der Waals surface area contributed by atoms with Gasteiger partial charge in [0.2, 0.25) is 0 Å². The smallest absolute Gasteiger partial charge is 0.345 e. The molecule has 1 aliphatic rings. The maximum atomic E-state index is 11.8. The number of nitrogens with one attached hydrogen (secondary N) is 1. The summed E-state index contributed by atoms with van der Waals surface area (Å²) in [4.78, 5) is 23.2. The van der Waals surface area contributed by atoms with Crippen LogP contribution >= 0.6 is 11.3 Å². The highest BCUT2D eigenvalue weighted by molar-refractivity contribution is 7.15. The Kier molecular flexibility index (Phi) is 3.58. The maximum Gasteiger partial charge on any atom is 0.345 e. The lowest BCUT2D eigenvalue weighted by atomic mass is 10.0. The number of thiophene rings is 1. The molecule has 1 amide bonds. The Bertz CT molecular complexity index is 464. The first-order valence-corrected chi connectivity index (χ1v) is 6.29. The van der Waals surface area contributed by atoms with Gasteiger partial charge in [0.05, 0.1) is 4.88 Å². The van der Waals surface area contributed by atoms with Crippen LogP contribution in [0.5, 0.6) is 0 Å². The number of hydrogen-bond donors (Lipinski definition) is 2. The summed E-state index contributed by atoms with van der Waals surface area (Å²) in [5.74, 6) is -1.19. The molecule has 0 aliphatic heterocycles. The van der Waals surface area contributed by atoms with E-state index in [9.17, 15) is 9.59 Å². The molecule has 90 valence electrons. The van der Waals surface area contributed by atoms with Gasteiger partial charge in [-0.15, -0.1) is 11.3 Å². The van der Waals surface area contributed by atoms with Crippen LogP contribution in [0.2, 0.25) is 0 Å². The number of rotatable bonds is 3. The molecule has 5 heteroatoms. The summed E-state index contributed by atoms with van der Waals surface area (Å²) in [6.45, 7) is 0. The minimum atomic E-state index is -0.994. The van der Waals surface area contributed by atoms with Gasteiger partial charge in [0.1, 0.15) is 4.88 Å². The topological polar surface area (TPSA) is 66.4 Å². The molecule has 1 atom stereocenters. The zero-order chi connectivity index (χ0) is 12.3. The molecule has 0 spiro atoms. The van der Waals surface area contributed by atoms with Gasteiger partial charge in [-0.25, -0.2) is 4.79 Å². The van der Waals surface area contributed by atoms with Crippen LogP contribution in [-0.4, -0.2) is 23.0 Å². The molecular formula is C12H13NO3S. The molecule has 0 radical (unpaired) electrons. The first-order valence-electron chi connectivity index (χ1n) is 5.47. The van der Waals surface area contributed by atoms with Crippen LogP contribution in [-0.2, 0) is 0 Å². The van der Waals surface area contributed by atoms with Crippen molar-refractivity contribution in [1.29, 1.82) is 0 Å². The van der Waals surface area contributed by atoms with Gasteiger partial charge in [0, 0.05) is 6.04 Å². The predicted molar refractivity (Wildman–Crippen MR) is 65.5 cm³/mol. The maximum absolute atomic E-state index is 11.8. The fourth-order valence-corrected chi connectivity index (χ4v) is 2.50. The first kappa shape index (κ1) is 11.9. The molecule has 0 aromatic carbocycles. The van der Waals surface area contributed by atoms with Gasteiger partial charge in [0.25, 0.3) is 5.91 Å². The Morgan fingerprint density at radius 3 is 2.71 bits per heavy atom. The van der Waals surface area contributed by atoms with E-state index >= 15 is 0 Å². The highest BCUT2D eigenvalue weighted by atomic mass is 32.1. The van der Waals surface area contributed by atoms with E-state index in [2.05, 4.69) is 11.4 Å². The van der Waals surface area contributed by atoms with Gasteiger partial charge in [0.15, 0.2) is 0 Å². The molecule has 0 fully saturated rings. The van der Waals surface area contributed by atoms with Gasteiger partial charge in [-0.1, -0.05) is 12.2 Å². The lowest BCUT2D eigenvalue weighted by Crippen LogP contribution is -2.33. The van der Waals surface area contributed by atoms with Crippen molar-refractivity contribution in [1.82, 2.24) is 5.32 Å². The number of carboxylic acid groups (broad SMARTS) is 1. The average Bonchev–Trinajstić information content (AvgIpc) is 2.79. The Morgan fingerprint density at radius 1 is 1.35 bits per heavy atom. The first-order chi connectivity index (χ1) is 8.16. The summed E-state index contributed by atoms with van der Waals surface area (Å²) in [6, 6.07) is 3.08. The van der Waals surface area contributed by atoms with Crippen LogP contribution in [0.15, 0.2) is 24.3 Å². The number of aromatic carboxylic acids is 1. The Labute approximate surface area is 103 Å². The zero-order valence-electron chi connectivity index (χ0n) is 9.18. The van der Waals surface area contributed by atoms with Gasteiger partial charge in [-0.2, -0.15) is 0 Å². The number of carboxylic acids is 1. The van der Waals surface area contributed by atoms with E-state index in [0.29, 0.717) is 4.88 Å². The molecular weight excluding hydrogens is 238 g/mol. The third kappa shape index (κ3) is 2.94. The molecule has 4 nitrogen and oxygen atoms in total. The normalized spacial score (nSPS) is 18.9. The number of carbonyl (C=O) groups excluding carboxylic acids is 1. The number of allylic oxidation sites excluding steroid dienone is 1. The van der Waals surface area contributed by atoms with Crippen LogP contribution in [0.4, 0.5) is 0 Å². The van der Waals surface area contributed by atoms with E-state index in [-0.39, 0.29) is 16.8 Å². The fraction of sp³-hybridized carbons (Fsp3) is 0.333. The molecule has 0 bridgehead atoms. The number of carbonyl (C=O) groups is 2. The molecule has 1 aliphatic carbocycles. The summed E-state index contributed by atoms with van der Waals surface area (Å²) in [5.41, 5.74) is 0. The second-order valence-corrected chi connectivity index (χ2v) is 4.99. The predicted octanol–water partition coefficient (Wildman–Crippen LogP) is 2.28. The number of amides is 1. The van der Waals surface area contributed by atoms with E-state index in [0.717, 1.165) is 30.6 Å². The van der Waals surface area contributed by atoms with E-state index in [1.165, 1.54) is 6.07 Å². The lowest BCUT2D eigenvalue weighted by Gasteiger charge is -2.17. The van der Waals surface area contributed by atoms with Gasteiger partial charge in [-0.05, 0) is 31.4 Å². The quantitative estimate of drug-likeness (QED) is 0.810. The minimum absolute atomic E-state index is 0.0756. The fourth-order valence-electron chi connectivity index (χ4n) is 1.75. The summed E-state index contributed by atoms with van der Waals surface area (Å²) in [6.07, 6.45) is 7.14. The Balaban J connectivity index is 2.01. The lowest BCUT2D eigenvalue weighted by molar-refractivity contribution is 0.0702. The summed E-state index contributed by atoms with van der Waals surface area (Å²) in [5, 5.41) is 11.6. The highest BCUT2D eigenvalue weighted by Gasteiger charge is 2.16. The summed E-state index contributed by atoms with van der Waals surface area (Å²) < 4.78 is 0. The van der Waals surface area contributed by atoms with Gasteiger partial charge >= 0.3 is 5.97 Å². The van der Waals surface area contributed by atoms with Crippen LogP contribution in [0.3, 0.4) is 0 Å². The largest absolute Gasteiger partial charge is 0.477 e. The monoisotopic (exact) mass is 251 g/mol. The molecule has 0 saturated carbocycles. The Hall–Kier alpha value is -1.62.